The second-order valence-electron chi connectivity index (χ2n) is 20.7. The van der Waals surface area contributed by atoms with Gasteiger partial charge in [0, 0.05) is 55.1 Å². The third kappa shape index (κ3) is 11.8. The summed E-state index contributed by atoms with van der Waals surface area (Å²) >= 11 is 3.61. The minimum Gasteiger partial charge on any atom is -1.00 e. The second-order valence-corrected chi connectivity index (χ2v) is 21.6. The SMILES string of the molecule is Brc1ccc2c(c1)c1ccccc1n2-c1cccc2ccccc12.FF.FF.OB(O)c1ccc(-c2cccc3ccccc23)cc1.[F-].[F-].c1ccc2c(-c3ccc(-c4ccc5c(c4)c4ccccc4n5-c4cccc5ccccc45)cc3)cccc2c1. The fourth-order valence-electron chi connectivity index (χ4n) is 12.1. The number of rotatable bonds is 6. The van der Waals surface area contributed by atoms with Gasteiger partial charge >= 0.3 is 7.12 Å². The summed E-state index contributed by atoms with van der Waals surface area (Å²) in [6.45, 7) is 0. The molecule has 0 atom stereocenters. The summed E-state index contributed by atoms with van der Waals surface area (Å²) in [5.74, 6) is 0. The lowest BCUT2D eigenvalue weighted by molar-refractivity contribution is -0.00100. The molecule has 0 unspecified atom stereocenters. The van der Waals surface area contributed by atoms with Crippen LogP contribution in [0, 0.1) is 0 Å². The summed E-state index contributed by atoms with van der Waals surface area (Å²) in [7, 11) is -1.42. The molecule has 0 saturated carbocycles. The molecule has 14 aromatic carbocycles. The molecule has 0 aliphatic heterocycles. The molecule has 0 bridgehead atoms. The molecule has 2 aromatic heterocycles. The van der Waals surface area contributed by atoms with E-state index in [4.69, 9.17) is 28.3 Å². The van der Waals surface area contributed by atoms with Crippen molar-refractivity contribution >= 4 is 115 Å². The van der Waals surface area contributed by atoms with Gasteiger partial charge in [0.2, 0.25) is 0 Å². The summed E-state index contributed by atoms with van der Waals surface area (Å²) in [4.78, 5) is 0. The van der Waals surface area contributed by atoms with Gasteiger partial charge in [-0.2, -0.15) is 0 Å². The lowest BCUT2D eigenvalue weighted by atomic mass is 9.79. The summed E-state index contributed by atoms with van der Waals surface area (Å²) in [6.07, 6.45) is 0. The fourth-order valence-corrected chi connectivity index (χ4v) is 12.4. The van der Waals surface area contributed by atoms with Gasteiger partial charge in [0.1, 0.15) is 0 Å². The first-order valence-corrected chi connectivity index (χ1v) is 28.7. The number of hydrogen-bond donors (Lipinski definition) is 2. The largest absolute Gasteiger partial charge is 1.00 e. The summed E-state index contributed by atoms with van der Waals surface area (Å²) < 4.78 is 37.9. The minimum atomic E-state index is -1.42. The predicted octanol–water partition coefficient (Wildman–Crippen LogP) is 15.0. The van der Waals surface area contributed by atoms with E-state index in [-0.39, 0.29) is 9.41 Å². The van der Waals surface area contributed by atoms with E-state index >= 15 is 0 Å². The van der Waals surface area contributed by atoms with Gasteiger partial charge in [-0.3, -0.25) is 0 Å². The maximum absolute atomic E-state index is 9.11. The van der Waals surface area contributed by atoms with Crippen molar-refractivity contribution in [1.82, 2.24) is 9.13 Å². The second kappa shape index (κ2) is 27.4. The predicted molar refractivity (Wildman–Crippen MR) is 356 cm³/mol. The molecule has 0 fully saturated rings. The van der Waals surface area contributed by atoms with E-state index in [1.807, 2.05) is 30.3 Å². The highest BCUT2D eigenvalue weighted by Crippen LogP contribution is 2.39. The zero-order chi connectivity index (χ0) is 59.1. The quantitative estimate of drug-likeness (QED) is 0.129. The highest BCUT2D eigenvalue weighted by molar-refractivity contribution is 9.10. The van der Waals surface area contributed by atoms with E-state index in [9.17, 15) is 0 Å². The highest BCUT2D eigenvalue weighted by atomic mass is 79.9. The first-order chi connectivity index (χ1) is 42.4. The first kappa shape index (κ1) is 60.9. The van der Waals surface area contributed by atoms with Gasteiger partial charge in [0.25, 0.3) is 0 Å². The van der Waals surface area contributed by atoms with Gasteiger partial charge in [0.15, 0.2) is 0 Å². The average Bonchev–Trinajstić information content (AvgIpc) is 1.68. The molecular weight excluding hydrogens is 1180 g/mol. The lowest BCUT2D eigenvalue weighted by Crippen LogP contribution is -3.00. The minimum absolute atomic E-state index is 0. The van der Waals surface area contributed by atoms with E-state index in [1.165, 1.54) is 120 Å². The number of fused-ring (bicyclic) bond motifs is 10. The molecule has 2 heterocycles. The molecule has 16 aromatic rings. The Balaban J connectivity index is 0.000000150. The first-order valence-electron chi connectivity index (χ1n) is 27.9. The Hall–Kier alpha value is -10.2. The summed E-state index contributed by atoms with van der Waals surface area (Å²) in [6, 6.07) is 107. The van der Waals surface area contributed by atoms with Crippen LogP contribution in [0.3, 0.4) is 0 Å². The Morgan fingerprint density at radius 3 is 1.05 bits per heavy atom. The molecule has 4 nitrogen and oxygen atoms in total. The molecule has 2 N–H and O–H groups in total. The molecule has 0 radical (unpaired) electrons. The molecule has 0 aliphatic rings. The van der Waals surface area contributed by atoms with Crippen LogP contribution in [0.4, 0.5) is 18.3 Å². The standard InChI is InChI=1S/C38H25N.C22H14BrN.C16H13BO2.2F2.2FH/c1-3-13-31-27(9-1)11-7-16-32(31)29-21-19-26(20-22-29)30-23-24-38-35(25-30)34-15-5-6-17-37(34)39(38)36-18-8-12-28-10-2-4-14-33(28)36;23-16-12-13-22-19(14-16)18-9-3-4-10-21(18)24(22)20-11-5-7-15-6-1-2-8-17(15)20;18-17(19)14-10-8-13(9-11-14)16-7-3-5-12-4-1-2-6-15(12)16;2*1-2;;/h1-25H;1-14H;1-11,18-19H;;;2*1H/p-2. The van der Waals surface area contributed by atoms with Gasteiger partial charge in [-0.1, -0.05) is 265 Å². The molecule has 432 valence electrons. The van der Waals surface area contributed by atoms with Crippen molar-refractivity contribution in [2.45, 2.75) is 0 Å². The Kier molecular flexibility index (Phi) is 19.0. The van der Waals surface area contributed by atoms with Crippen molar-refractivity contribution in [3.63, 3.8) is 0 Å². The lowest BCUT2D eigenvalue weighted by Gasteiger charge is -2.12. The van der Waals surface area contributed by atoms with Crippen molar-refractivity contribution < 1.29 is 37.8 Å². The van der Waals surface area contributed by atoms with Gasteiger partial charge in [-0.15, -0.1) is 0 Å². The normalized spacial score (nSPS) is 10.7. The topological polar surface area (TPSA) is 50.3 Å². The van der Waals surface area contributed by atoms with Crippen LogP contribution in [0.2, 0.25) is 0 Å². The maximum atomic E-state index is 9.11. The molecule has 16 rings (SSSR count). The zero-order valence-corrected chi connectivity index (χ0v) is 48.5. The number of hydrogen-bond acceptors (Lipinski definition) is 2. The molecule has 0 amide bonds. The Morgan fingerprint density at radius 1 is 0.273 bits per heavy atom. The van der Waals surface area contributed by atoms with E-state index in [0.717, 1.165) is 15.6 Å². The Morgan fingerprint density at radius 2 is 0.591 bits per heavy atom. The van der Waals surface area contributed by atoms with Crippen LogP contribution in [-0.4, -0.2) is 26.3 Å². The van der Waals surface area contributed by atoms with Gasteiger partial charge in [-0.05, 0) is 126 Å². The van der Waals surface area contributed by atoms with E-state index in [1.54, 1.807) is 12.1 Å². The fraction of sp³-hybridized carbons (Fsp3) is 0. The zero-order valence-electron chi connectivity index (χ0n) is 46.9. The van der Waals surface area contributed by atoms with Crippen LogP contribution in [0.5, 0.6) is 0 Å². The van der Waals surface area contributed by atoms with E-state index < -0.39 is 7.12 Å². The van der Waals surface area contributed by atoms with Crippen LogP contribution in [0.1, 0.15) is 0 Å². The van der Waals surface area contributed by atoms with Crippen LogP contribution in [-0.2, 0) is 0 Å². The van der Waals surface area contributed by atoms with Crippen molar-refractivity contribution in [2.75, 3.05) is 0 Å². The van der Waals surface area contributed by atoms with Gasteiger partial charge < -0.3 is 28.6 Å². The number of nitrogens with zero attached hydrogens (tertiary/aromatic N) is 2. The van der Waals surface area contributed by atoms with Gasteiger partial charge in [-0.25, -0.2) is 0 Å². The highest BCUT2D eigenvalue weighted by Gasteiger charge is 2.17. The van der Waals surface area contributed by atoms with E-state index in [2.05, 4.69) is 286 Å². The van der Waals surface area contributed by atoms with Crippen molar-refractivity contribution in [3.8, 4) is 44.8 Å². The molecule has 88 heavy (non-hydrogen) atoms. The maximum Gasteiger partial charge on any atom is 0.488 e. The third-order valence-electron chi connectivity index (χ3n) is 16.0. The number of aromatic nitrogens is 2. The molecule has 0 spiro atoms. The monoisotopic (exact) mass is 1230 g/mol. The smallest absolute Gasteiger partial charge is 0.488 e. The van der Waals surface area contributed by atoms with Gasteiger partial charge in [0.05, 0.1) is 33.4 Å². The van der Waals surface area contributed by atoms with Crippen molar-refractivity contribution in [1.29, 1.82) is 0 Å². The molecular formula is C76H52BBrF6N2O2-2. The van der Waals surface area contributed by atoms with E-state index in [0.29, 0.717) is 5.46 Å². The summed E-state index contributed by atoms with van der Waals surface area (Å²) in [5.41, 5.74) is 15.1. The van der Waals surface area contributed by atoms with Crippen LogP contribution < -0.4 is 14.9 Å². The van der Waals surface area contributed by atoms with Crippen molar-refractivity contribution in [2.24, 2.45) is 0 Å². The third-order valence-corrected chi connectivity index (χ3v) is 16.4. The molecule has 12 heteroatoms. The van der Waals surface area contributed by atoms with Crippen molar-refractivity contribution in [3.05, 3.63) is 308 Å². The molecule has 0 saturated heterocycles. The number of halogens is 7. The summed E-state index contributed by atoms with van der Waals surface area (Å²) in [5, 5.41) is 33.3. The van der Waals surface area contributed by atoms with Crippen LogP contribution in [0.25, 0.3) is 131 Å². The average molecular weight is 1230 g/mol. The Labute approximate surface area is 511 Å². The Bertz CT molecular complexity index is 5050. The number of para-hydroxylation sites is 2. The van der Waals surface area contributed by atoms with Crippen LogP contribution >= 0.6 is 15.9 Å². The molecule has 0 aliphatic carbocycles. The van der Waals surface area contributed by atoms with Crippen LogP contribution in [0.15, 0.2) is 308 Å². The number of benzene rings is 14.